The second kappa shape index (κ2) is 6.53. The molecule has 0 amide bonds. The van der Waals surface area contributed by atoms with Gasteiger partial charge in [-0.3, -0.25) is 0 Å². The standard InChI is InChI=1S/C14H20N6S/c1-10(15)8-11-6-7-13(16-9-11)21-14-17-18-19-20(14)12-4-2-3-5-12/h6-7,9-10,12H,2-5,8,15H2,1H3. The normalized spacial score (nSPS) is 17.2. The number of aromatic nitrogens is 5. The average molecular weight is 304 g/mol. The van der Waals surface area contributed by atoms with Crippen LogP contribution in [0.15, 0.2) is 28.5 Å². The van der Waals surface area contributed by atoms with Crippen molar-refractivity contribution in [3.05, 3.63) is 23.9 Å². The fraction of sp³-hybridized carbons (Fsp3) is 0.571. The van der Waals surface area contributed by atoms with Gasteiger partial charge in [0.15, 0.2) is 0 Å². The Hall–Kier alpha value is -1.47. The summed E-state index contributed by atoms with van der Waals surface area (Å²) in [6.07, 6.45) is 7.59. The van der Waals surface area contributed by atoms with Gasteiger partial charge < -0.3 is 5.73 Å². The van der Waals surface area contributed by atoms with Crippen molar-refractivity contribution in [1.29, 1.82) is 0 Å². The molecule has 0 radical (unpaired) electrons. The molecule has 0 bridgehead atoms. The van der Waals surface area contributed by atoms with E-state index in [2.05, 4.69) is 26.6 Å². The van der Waals surface area contributed by atoms with Gasteiger partial charge >= 0.3 is 0 Å². The predicted octanol–water partition coefficient (Wildman–Crippen LogP) is 2.22. The van der Waals surface area contributed by atoms with Crippen molar-refractivity contribution >= 4 is 11.8 Å². The highest BCUT2D eigenvalue weighted by Crippen LogP contribution is 2.33. The Labute approximate surface area is 128 Å². The first-order valence-electron chi connectivity index (χ1n) is 7.38. The minimum absolute atomic E-state index is 0.153. The topological polar surface area (TPSA) is 82.5 Å². The smallest absolute Gasteiger partial charge is 0.215 e. The third-order valence-corrected chi connectivity index (χ3v) is 4.59. The highest BCUT2D eigenvalue weighted by Gasteiger charge is 2.22. The minimum Gasteiger partial charge on any atom is -0.328 e. The molecule has 1 atom stereocenters. The third-order valence-electron chi connectivity index (χ3n) is 3.68. The van der Waals surface area contributed by atoms with Crippen molar-refractivity contribution in [2.45, 2.75) is 61.3 Å². The van der Waals surface area contributed by atoms with Crippen LogP contribution in [0.25, 0.3) is 0 Å². The molecule has 1 fully saturated rings. The van der Waals surface area contributed by atoms with Crippen molar-refractivity contribution in [3.63, 3.8) is 0 Å². The van der Waals surface area contributed by atoms with E-state index in [4.69, 9.17) is 5.73 Å². The summed E-state index contributed by atoms with van der Waals surface area (Å²) in [5.41, 5.74) is 6.96. The molecule has 21 heavy (non-hydrogen) atoms. The zero-order valence-corrected chi connectivity index (χ0v) is 13.0. The van der Waals surface area contributed by atoms with Crippen molar-refractivity contribution in [2.75, 3.05) is 0 Å². The van der Waals surface area contributed by atoms with Gasteiger partial charge in [0.05, 0.1) is 6.04 Å². The van der Waals surface area contributed by atoms with Gasteiger partial charge in [-0.1, -0.05) is 18.9 Å². The van der Waals surface area contributed by atoms with E-state index in [-0.39, 0.29) is 6.04 Å². The molecule has 3 rings (SSSR count). The molecule has 2 aromatic rings. The van der Waals surface area contributed by atoms with Crippen molar-refractivity contribution < 1.29 is 0 Å². The van der Waals surface area contributed by atoms with E-state index >= 15 is 0 Å². The van der Waals surface area contributed by atoms with Crippen LogP contribution in [-0.4, -0.2) is 31.2 Å². The van der Waals surface area contributed by atoms with E-state index in [9.17, 15) is 0 Å². The van der Waals surface area contributed by atoms with Crippen LogP contribution >= 0.6 is 11.8 Å². The van der Waals surface area contributed by atoms with E-state index in [0.717, 1.165) is 22.2 Å². The minimum atomic E-state index is 0.153. The lowest BCUT2D eigenvalue weighted by molar-refractivity contribution is 0.423. The van der Waals surface area contributed by atoms with E-state index in [0.29, 0.717) is 6.04 Å². The Morgan fingerprint density at radius 2 is 2.19 bits per heavy atom. The third kappa shape index (κ3) is 3.59. The lowest BCUT2D eigenvalue weighted by Crippen LogP contribution is -2.17. The number of nitrogens with two attached hydrogens (primary N) is 1. The van der Waals surface area contributed by atoms with Crippen LogP contribution in [0.3, 0.4) is 0 Å². The Balaban J connectivity index is 1.70. The number of nitrogens with zero attached hydrogens (tertiary/aromatic N) is 5. The Morgan fingerprint density at radius 3 is 2.86 bits per heavy atom. The van der Waals surface area contributed by atoms with Crippen molar-refractivity contribution in [2.24, 2.45) is 5.73 Å². The molecule has 1 unspecified atom stereocenters. The first kappa shape index (κ1) is 14.5. The predicted molar refractivity (Wildman–Crippen MR) is 81.0 cm³/mol. The average Bonchev–Trinajstić information content (AvgIpc) is 3.11. The highest BCUT2D eigenvalue weighted by atomic mass is 32.2. The Bertz CT molecular complexity index is 573. The van der Waals surface area contributed by atoms with E-state index in [1.807, 2.05) is 23.9 Å². The van der Waals surface area contributed by atoms with Gasteiger partial charge in [-0.25, -0.2) is 9.67 Å². The molecular weight excluding hydrogens is 284 g/mol. The molecule has 1 aliphatic rings. The van der Waals surface area contributed by atoms with Crippen LogP contribution in [0.4, 0.5) is 0 Å². The van der Waals surface area contributed by atoms with Gasteiger partial charge in [0.1, 0.15) is 5.03 Å². The van der Waals surface area contributed by atoms with Crippen LogP contribution in [0.5, 0.6) is 0 Å². The van der Waals surface area contributed by atoms with Gasteiger partial charge in [-0.05, 0) is 60.0 Å². The SMILES string of the molecule is CC(N)Cc1ccc(Sc2nnnn2C2CCCC2)nc1. The summed E-state index contributed by atoms with van der Waals surface area (Å²) in [6, 6.07) is 4.68. The Kier molecular flexibility index (Phi) is 4.50. The number of pyridine rings is 1. The second-order valence-electron chi connectivity index (χ2n) is 5.63. The van der Waals surface area contributed by atoms with Crippen LogP contribution in [-0.2, 0) is 6.42 Å². The second-order valence-corrected chi connectivity index (χ2v) is 6.62. The summed E-state index contributed by atoms with van der Waals surface area (Å²) < 4.78 is 1.95. The number of hydrogen-bond donors (Lipinski definition) is 1. The first-order chi connectivity index (χ1) is 10.2. The molecule has 1 aliphatic carbocycles. The largest absolute Gasteiger partial charge is 0.328 e. The molecule has 7 heteroatoms. The monoisotopic (exact) mass is 304 g/mol. The molecular formula is C14H20N6S. The zero-order chi connectivity index (χ0) is 14.7. The van der Waals surface area contributed by atoms with Gasteiger partial charge in [0.2, 0.25) is 5.16 Å². The lowest BCUT2D eigenvalue weighted by Gasteiger charge is -2.10. The van der Waals surface area contributed by atoms with Crippen LogP contribution in [0.2, 0.25) is 0 Å². The maximum Gasteiger partial charge on any atom is 0.215 e. The number of rotatable bonds is 5. The van der Waals surface area contributed by atoms with Crippen LogP contribution in [0.1, 0.15) is 44.2 Å². The van der Waals surface area contributed by atoms with Gasteiger partial charge in [-0.15, -0.1) is 5.10 Å². The van der Waals surface area contributed by atoms with E-state index < -0.39 is 0 Å². The molecule has 0 saturated heterocycles. The molecule has 2 N–H and O–H groups in total. The summed E-state index contributed by atoms with van der Waals surface area (Å²) in [4.78, 5) is 4.47. The summed E-state index contributed by atoms with van der Waals surface area (Å²) in [5.74, 6) is 0. The fourth-order valence-corrected chi connectivity index (χ4v) is 3.47. The zero-order valence-electron chi connectivity index (χ0n) is 12.1. The molecule has 112 valence electrons. The highest BCUT2D eigenvalue weighted by molar-refractivity contribution is 7.99. The summed E-state index contributed by atoms with van der Waals surface area (Å²) in [7, 11) is 0. The Morgan fingerprint density at radius 1 is 1.38 bits per heavy atom. The molecule has 6 nitrogen and oxygen atoms in total. The maximum atomic E-state index is 5.80. The van der Waals surface area contributed by atoms with Gasteiger partial charge in [0.25, 0.3) is 0 Å². The molecule has 1 saturated carbocycles. The summed E-state index contributed by atoms with van der Waals surface area (Å²) in [6.45, 7) is 2.00. The fourth-order valence-electron chi connectivity index (χ4n) is 2.69. The molecule has 0 spiro atoms. The summed E-state index contributed by atoms with van der Waals surface area (Å²) >= 11 is 1.52. The summed E-state index contributed by atoms with van der Waals surface area (Å²) in [5, 5.41) is 13.8. The number of hydrogen-bond acceptors (Lipinski definition) is 6. The van der Waals surface area contributed by atoms with E-state index in [1.54, 1.807) is 0 Å². The van der Waals surface area contributed by atoms with E-state index in [1.165, 1.54) is 37.4 Å². The number of tetrazole rings is 1. The van der Waals surface area contributed by atoms with Crippen molar-refractivity contribution in [1.82, 2.24) is 25.2 Å². The van der Waals surface area contributed by atoms with Gasteiger partial charge in [0, 0.05) is 12.2 Å². The van der Waals surface area contributed by atoms with Gasteiger partial charge in [-0.2, -0.15) is 0 Å². The maximum absolute atomic E-state index is 5.80. The quantitative estimate of drug-likeness (QED) is 0.912. The first-order valence-corrected chi connectivity index (χ1v) is 8.20. The molecule has 2 aromatic heterocycles. The van der Waals surface area contributed by atoms with Crippen LogP contribution in [0, 0.1) is 0 Å². The molecule has 0 aliphatic heterocycles. The molecule has 2 heterocycles. The van der Waals surface area contributed by atoms with Crippen molar-refractivity contribution in [3.8, 4) is 0 Å². The molecule has 0 aromatic carbocycles. The van der Waals surface area contributed by atoms with Crippen LogP contribution < -0.4 is 5.73 Å². The lowest BCUT2D eigenvalue weighted by atomic mass is 10.1.